The number of hydrogen-bond acceptors (Lipinski definition) is 3. The van der Waals surface area contributed by atoms with E-state index in [9.17, 15) is 4.79 Å². The molecule has 1 fully saturated rings. The Morgan fingerprint density at radius 2 is 2.29 bits per heavy atom. The van der Waals surface area contributed by atoms with Crippen LogP contribution in [0.25, 0.3) is 0 Å². The molecule has 1 N–H and O–H groups in total. The molecule has 17 heavy (non-hydrogen) atoms. The van der Waals surface area contributed by atoms with Crippen LogP contribution in [0, 0.1) is 5.92 Å². The van der Waals surface area contributed by atoms with Gasteiger partial charge in [-0.25, -0.2) is 0 Å². The van der Waals surface area contributed by atoms with E-state index in [1.165, 1.54) is 0 Å². The second kappa shape index (κ2) is 7.67. The van der Waals surface area contributed by atoms with Gasteiger partial charge in [0.15, 0.2) is 0 Å². The Bertz CT molecular complexity index is 227. The lowest BCUT2D eigenvalue weighted by Gasteiger charge is -2.28. The van der Waals surface area contributed by atoms with Crippen LogP contribution < -0.4 is 5.32 Å². The van der Waals surface area contributed by atoms with E-state index in [4.69, 9.17) is 4.74 Å². The van der Waals surface area contributed by atoms with Crippen molar-refractivity contribution in [3.05, 3.63) is 0 Å². The summed E-state index contributed by atoms with van der Waals surface area (Å²) in [6.45, 7) is 10.4. The Balaban J connectivity index is 2.36. The Labute approximate surface area is 105 Å². The number of amides is 1. The molecule has 1 aliphatic rings. The highest BCUT2D eigenvalue weighted by Gasteiger charge is 2.21. The molecule has 1 saturated heterocycles. The largest absolute Gasteiger partial charge is 0.378 e. The van der Waals surface area contributed by atoms with Crippen molar-refractivity contribution >= 4 is 5.91 Å². The summed E-state index contributed by atoms with van der Waals surface area (Å²) in [6.07, 6.45) is 1.68. The molecule has 1 aliphatic heterocycles. The van der Waals surface area contributed by atoms with Gasteiger partial charge in [0, 0.05) is 32.1 Å². The van der Waals surface area contributed by atoms with Crippen molar-refractivity contribution in [1.82, 2.24) is 10.2 Å². The highest BCUT2D eigenvalue weighted by Crippen LogP contribution is 2.08. The minimum Gasteiger partial charge on any atom is -0.378 e. The quantitative estimate of drug-likeness (QED) is 0.762. The highest BCUT2D eigenvalue weighted by atomic mass is 16.5. The third-order valence-electron chi connectivity index (χ3n) is 3.38. The van der Waals surface area contributed by atoms with E-state index in [0.29, 0.717) is 18.9 Å². The van der Waals surface area contributed by atoms with Crippen molar-refractivity contribution in [2.45, 2.75) is 39.7 Å². The lowest BCUT2D eigenvalue weighted by Crippen LogP contribution is -2.45. The van der Waals surface area contributed by atoms with E-state index < -0.39 is 0 Å². The zero-order valence-electron chi connectivity index (χ0n) is 11.4. The summed E-state index contributed by atoms with van der Waals surface area (Å²) in [7, 11) is 0. The van der Waals surface area contributed by atoms with Crippen LogP contribution in [0.3, 0.4) is 0 Å². The fraction of sp³-hybridized carbons (Fsp3) is 0.923. The summed E-state index contributed by atoms with van der Waals surface area (Å²) in [5, 5.41) is 3.32. The van der Waals surface area contributed by atoms with Gasteiger partial charge >= 0.3 is 0 Å². The number of hydrogen-bond donors (Lipinski definition) is 1. The van der Waals surface area contributed by atoms with Crippen molar-refractivity contribution in [1.29, 1.82) is 0 Å². The molecule has 0 aliphatic carbocycles. The molecule has 0 spiro atoms. The second-order valence-electron chi connectivity index (χ2n) is 4.88. The van der Waals surface area contributed by atoms with Crippen LogP contribution in [-0.4, -0.2) is 49.7 Å². The smallest absolute Gasteiger partial charge is 0.224 e. The van der Waals surface area contributed by atoms with Crippen molar-refractivity contribution in [3.63, 3.8) is 0 Å². The van der Waals surface area contributed by atoms with Gasteiger partial charge in [0.25, 0.3) is 0 Å². The van der Waals surface area contributed by atoms with Crippen molar-refractivity contribution in [3.8, 4) is 0 Å². The summed E-state index contributed by atoms with van der Waals surface area (Å²) in [5.41, 5.74) is 0. The first-order valence-corrected chi connectivity index (χ1v) is 6.76. The van der Waals surface area contributed by atoms with Gasteiger partial charge in [0.05, 0.1) is 13.2 Å². The average Bonchev–Trinajstić information content (AvgIpc) is 2.36. The number of morpholine rings is 1. The number of nitrogens with one attached hydrogen (secondary N) is 1. The molecule has 4 heteroatoms. The standard InChI is InChI=1S/C13H26N2O2/c1-4-11(3)9-15(5-2)13(16)8-12-10-17-7-6-14-12/h11-12,14H,4-10H2,1-3H3. The van der Waals surface area contributed by atoms with Crippen LogP contribution in [0.5, 0.6) is 0 Å². The predicted octanol–water partition coefficient (Wildman–Crippen LogP) is 1.26. The molecule has 1 amide bonds. The molecule has 2 atom stereocenters. The maximum absolute atomic E-state index is 12.1. The molecule has 0 aromatic carbocycles. The maximum atomic E-state index is 12.1. The summed E-state index contributed by atoms with van der Waals surface area (Å²) in [5.74, 6) is 0.824. The van der Waals surface area contributed by atoms with Gasteiger partial charge in [-0.05, 0) is 12.8 Å². The summed E-state index contributed by atoms with van der Waals surface area (Å²) in [4.78, 5) is 14.1. The first kappa shape index (κ1) is 14.5. The molecular weight excluding hydrogens is 216 g/mol. The Kier molecular flexibility index (Phi) is 6.52. The summed E-state index contributed by atoms with van der Waals surface area (Å²) >= 11 is 0. The van der Waals surface area contributed by atoms with Crippen molar-refractivity contribution in [2.24, 2.45) is 5.92 Å². The topological polar surface area (TPSA) is 41.6 Å². The predicted molar refractivity (Wildman–Crippen MR) is 68.9 cm³/mol. The number of nitrogens with zero attached hydrogens (tertiary/aromatic N) is 1. The van der Waals surface area contributed by atoms with Gasteiger partial charge in [-0.15, -0.1) is 0 Å². The van der Waals surface area contributed by atoms with Crippen molar-refractivity contribution < 1.29 is 9.53 Å². The Morgan fingerprint density at radius 1 is 1.53 bits per heavy atom. The Morgan fingerprint density at radius 3 is 2.82 bits per heavy atom. The maximum Gasteiger partial charge on any atom is 0.224 e. The van der Waals surface area contributed by atoms with Gasteiger partial charge < -0.3 is 15.0 Å². The number of carbonyl (C=O) groups excluding carboxylic acids is 1. The summed E-state index contributed by atoms with van der Waals surface area (Å²) in [6, 6.07) is 0.197. The van der Waals surface area contributed by atoms with Crippen LogP contribution >= 0.6 is 0 Å². The minimum absolute atomic E-state index is 0.197. The molecule has 1 heterocycles. The van der Waals surface area contributed by atoms with Gasteiger partial charge in [-0.3, -0.25) is 4.79 Å². The van der Waals surface area contributed by atoms with Crippen LogP contribution in [0.1, 0.15) is 33.6 Å². The Hall–Kier alpha value is -0.610. The van der Waals surface area contributed by atoms with E-state index >= 15 is 0 Å². The SMILES string of the molecule is CCC(C)CN(CC)C(=O)CC1COCCN1. The van der Waals surface area contributed by atoms with E-state index in [2.05, 4.69) is 19.2 Å². The molecule has 2 unspecified atom stereocenters. The van der Waals surface area contributed by atoms with Gasteiger partial charge in [-0.2, -0.15) is 0 Å². The summed E-state index contributed by atoms with van der Waals surface area (Å²) < 4.78 is 5.37. The number of carbonyl (C=O) groups is 1. The zero-order valence-corrected chi connectivity index (χ0v) is 11.4. The average molecular weight is 242 g/mol. The first-order valence-electron chi connectivity index (χ1n) is 6.76. The van der Waals surface area contributed by atoms with Crippen LogP contribution in [0.15, 0.2) is 0 Å². The molecule has 4 nitrogen and oxygen atoms in total. The monoisotopic (exact) mass is 242 g/mol. The second-order valence-corrected chi connectivity index (χ2v) is 4.88. The molecule has 100 valence electrons. The zero-order chi connectivity index (χ0) is 12.7. The molecular formula is C13H26N2O2. The third kappa shape index (κ3) is 5.04. The molecule has 0 aromatic rings. The van der Waals surface area contributed by atoms with Crippen molar-refractivity contribution in [2.75, 3.05) is 32.8 Å². The molecule has 0 radical (unpaired) electrons. The normalized spacial score (nSPS) is 22.2. The van der Waals surface area contributed by atoms with Gasteiger partial charge in [0.1, 0.15) is 0 Å². The first-order chi connectivity index (χ1) is 8.17. The lowest BCUT2D eigenvalue weighted by atomic mass is 10.1. The highest BCUT2D eigenvalue weighted by molar-refractivity contribution is 5.76. The van der Waals surface area contributed by atoms with E-state index in [1.807, 2.05) is 11.8 Å². The molecule has 0 aromatic heterocycles. The minimum atomic E-state index is 0.197. The lowest BCUT2D eigenvalue weighted by molar-refractivity contribution is -0.132. The fourth-order valence-corrected chi connectivity index (χ4v) is 2.00. The number of rotatable bonds is 6. The van der Waals surface area contributed by atoms with E-state index in [-0.39, 0.29) is 11.9 Å². The van der Waals surface area contributed by atoms with Gasteiger partial charge in [0.2, 0.25) is 5.91 Å². The van der Waals surface area contributed by atoms with Crippen LogP contribution in [0.4, 0.5) is 0 Å². The third-order valence-corrected chi connectivity index (χ3v) is 3.38. The van der Waals surface area contributed by atoms with Gasteiger partial charge in [-0.1, -0.05) is 20.3 Å². The number of ether oxygens (including phenoxy) is 1. The van der Waals surface area contributed by atoms with E-state index in [1.54, 1.807) is 0 Å². The molecule has 1 rings (SSSR count). The van der Waals surface area contributed by atoms with Crippen LogP contribution in [0.2, 0.25) is 0 Å². The van der Waals surface area contributed by atoms with E-state index in [0.717, 1.165) is 32.7 Å². The molecule has 0 bridgehead atoms. The molecule has 0 saturated carbocycles. The fourth-order valence-electron chi connectivity index (χ4n) is 2.00. The van der Waals surface area contributed by atoms with Crippen LogP contribution in [-0.2, 0) is 9.53 Å².